The van der Waals surface area contributed by atoms with Gasteiger partial charge in [-0.25, -0.2) is 0 Å². The van der Waals surface area contributed by atoms with Crippen molar-refractivity contribution in [3.05, 3.63) is 31.4 Å². The van der Waals surface area contributed by atoms with Crippen molar-refractivity contribution in [2.45, 2.75) is 6.42 Å². The van der Waals surface area contributed by atoms with E-state index < -0.39 is 4.92 Å². The number of nitro benzene ring substituents is 1. The summed E-state index contributed by atoms with van der Waals surface area (Å²) in [6, 6.07) is 4.62. The lowest BCUT2D eigenvalue weighted by atomic mass is 10.2. The zero-order chi connectivity index (χ0) is 12.8. The van der Waals surface area contributed by atoms with Crippen molar-refractivity contribution in [3.8, 4) is 11.8 Å². The second kappa shape index (κ2) is 6.61. The van der Waals surface area contributed by atoms with Crippen molar-refractivity contribution in [3.63, 3.8) is 0 Å². The van der Waals surface area contributed by atoms with Crippen LogP contribution in [0.15, 0.2) is 12.1 Å². The predicted molar refractivity (Wildman–Crippen MR) is 71.4 cm³/mol. The van der Waals surface area contributed by atoms with E-state index in [1.807, 2.05) is 28.7 Å². The summed E-state index contributed by atoms with van der Waals surface area (Å²) in [6.45, 7) is 0.312. The van der Waals surface area contributed by atoms with Gasteiger partial charge in [0.2, 0.25) is 5.75 Å². The van der Waals surface area contributed by atoms with Crippen molar-refractivity contribution < 1.29 is 9.66 Å². The summed E-state index contributed by atoms with van der Waals surface area (Å²) in [7, 11) is 0. The number of nitro groups is 1. The molecule has 0 aliphatic rings. The Morgan fingerprint density at radius 1 is 1.59 bits per heavy atom. The molecule has 1 aromatic rings. The van der Waals surface area contributed by atoms with Gasteiger partial charge < -0.3 is 4.74 Å². The van der Waals surface area contributed by atoms with Crippen LogP contribution in [0.2, 0.25) is 0 Å². The maximum absolute atomic E-state index is 10.9. The summed E-state index contributed by atoms with van der Waals surface area (Å²) in [5.41, 5.74) is 0.0498. The minimum atomic E-state index is -0.557. The third kappa shape index (κ3) is 3.71. The number of alkyl halides is 1. The molecule has 5 nitrogen and oxygen atoms in total. The molecule has 0 saturated carbocycles. The summed E-state index contributed by atoms with van der Waals surface area (Å²) in [4.78, 5) is 10.3. The van der Waals surface area contributed by atoms with Crippen LogP contribution in [-0.4, -0.2) is 17.4 Å². The maximum atomic E-state index is 10.9. The van der Waals surface area contributed by atoms with Crippen LogP contribution in [0.5, 0.6) is 5.75 Å². The molecule has 1 aromatic carbocycles. The van der Waals surface area contributed by atoms with Gasteiger partial charge in [-0.2, -0.15) is 5.26 Å². The van der Waals surface area contributed by atoms with Gasteiger partial charge in [0, 0.05) is 11.9 Å². The Morgan fingerprint density at radius 2 is 2.29 bits per heavy atom. The van der Waals surface area contributed by atoms with Crippen molar-refractivity contribution in [2.24, 2.45) is 0 Å². The first-order valence-electron chi connectivity index (χ1n) is 4.67. The Kier molecular flexibility index (Phi) is 5.44. The Labute approximate surface area is 117 Å². The molecule has 0 heterocycles. The Balaban J connectivity index is 3.09. The van der Waals surface area contributed by atoms with E-state index in [0.717, 1.165) is 0 Å². The fourth-order valence-electron chi connectivity index (χ4n) is 1.15. The normalized spacial score (nSPS) is 9.71. The molecule has 0 bridgehead atoms. The van der Waals surface area contributed by atoms with Crippen LogP contribution in [0.4, 0.5) is 5.69 Å². The van der Waals surface area contributed by atoms with Crippen LogP contribution >= 0.6 is 34.2 Å². The van der Waals surface area contributed by atoms with Crippen LogP contribution in [-0.2, 0) is 0 Å². The third-order valence-electron chi connectivity index (χ3n) is 1.87. The lowest BCUT2D eigenvalue weighted by Crippen LogP contribution is -2.03. The second-order valence-corrected chi connectivity index (χ2v) is 4.61. The number of hydrogen-bond acceptors (Lipinski definition) is 4. The van der Waals surface area contributed by atoms with Crippen molar-refractivity contribution in [1.82, 2.24) is 0 Å². The summed E-state index contributed by atoms with van der Waals surface area (Å²) in [6.07, 6.45) is 0.606. The molecule has 0 amide bonds. The molecule has 0 unspecified atom stereocenters. The van der Waals surface area contributed by atoms with Gasteiger partial charge in [-0.3, -0.25) is 10.1 Å². The highest BCUT2D eigenvalue weighted by molar-refractivity contribution is 14.1. The molecule has 7 heteroatoms. The van der Waals surface area contributed by atoms with Gasteiger partial charge in [-0.15, -0.1) is 11.6 Å². The first kappa shape index (κ1) is 14.0. The second-order valence-electron chi connectivity index (χ2n) is 3.07. The summed E-state index contributed by atoms with van der Waals surface area (Å²) >= 11 is 7.41. The van der Waals surface area contributed by atoms with Crippen LogP contribution in [0, 0.1) is 25.0 Å². The highest BCUT2D eigenvalue weighted by atomic mass is 127. The monoisotopic (exact) mass is 366 g/mol. The standard InChI is InChI=1S/C10H8ClIN2O3/c11-2-1-3-17-10-8(12)4-7(6-13)5-9(10)14(15)16/h4-5H,1-3H2. The van der Waals surface area contributed by atoms with Gasteiger partial charge in [0.25, 0.3) is 0 Å². The Hall–Kier alpha value is -1.07. The molecule has 0 saturated heterocycles. The molecule has 0 N–H and O–H groups in total. The molecule has 0 aromatic heterocycles. The van der Waals surface area contributed by atoms with E-state index in [2.05, 4.69) is 0 Å². The number of rotatable bonds is 5. The van der Waals surface area contributed by atoms with Gasteiger partial charge >= 0.3 is 5.69 Å². The van der Waals surface area contributed by atoms with Crippen molar-refractivity contribution in [1.29, 1.82) is 5.26 Å². The van der Waals surface area contributed by atoms with E-state index in [1.54, 1.807) is 6.07 Å². The topological polar surface area (TPSA) is 76.2 Å². The molecule has 1 rings (SSSR count). The van der Waals surface area contributed by atoms with Crippen molar-refractivity contribution in [2.75, 3.05) is 12.5 Å². The number of nitrogens with zero attached hydrogens (tertiary/aromatic N) is 2. The van der Waals surface area contributed by atoms with E-state index >= 15 is 0 Å². The van der Waals surface area contributed by atoms with Gasteiger partial charge in [-0.1, -0.05) is 0 Å². The fourth-order valence-corrected chi connectivity index (χ4v) is 2.03. The predicted octanol–water partition coefficient (Wildman–Crippen LogP) is 3.08. The zero-order valence-corrected chi connectivity index (χ0v) is 11.6. The molecule has 0 aliphatic carbocycles. The zero-order valence-electron chi connectivity index (χ0n) is 8.65. The molecule has 0 fully saturated rings. The smallest absolute Gasteiger partial charge is 0.313 e. The summed E-state index contributed by atoms with van der Waals surface area (Å²) in [5, 5.41) is 19.6. The molecule has 0 radical (unpaired) electrons. The lowest BCUT2D eigenvalue weighted by molar-refractivity contribution is -0.386. The average molecular weight is 367 g/mol. The fraction of sp³-hybridized carbons (Fsp3) is 0.300. The molecule has 0 atom stereocenters. The number of ether oxygens (including phenoxy) is 1. The van der Waals surface area contributed by atoms with Gasteiger partial charge in [-0.05, 0) is 35.1 Å². The quantitative estimate of drug-likeness (QED) is 0.264. The Bertz CT molecular complexity index is 473. The first-order chi connectivity index (χ1) is 8.10. The van der Waals surface area contributed by atoms with Crippen LogP contribution < -0.4 is 4.74 Å². The molecule has 0 aliphatic heterocycles. The molecular weight excluding hydrogens is 358 g/mol. The molecule has 90 valence electrons. The van der Waals surface area contributed by atoms with Crippen molar-refractivity contribution >= 4 is 39.9 Å². The van der Waals surface area contributed by atoms with Crippen LogP contribution in [0.3, 0.4) is 0 Å². The van der Waals surface area contributed by atoms with Gasteiger partial charge in [0.1, 0.15) is 0 Å². The molecule has 17 heavy (non-hydrogen) atoms. The average Bonchev–Trinajstić information content (AvgIpc) is 2.30. The number of benzene rings is 1. The first-order valence-corrected chi connectivity index (χ1v) is 6.28. The minimum Gasteiger partial charge on any atom is -0.486 e. The third-order valence-corrected chi connectivity index (χ3v) is 2.94. The lowest BCUT2D eigenvalue weighted by Gasteiger charge is -2.08. The summed E-state index contributed by atoms with van der Waals surface area (Å²) < 4.78 is 5.87. The Morgan fingerprint density at radius 3 is 2.82 bits per heavy atom. The van der Waals surface area contributed by atoms with Crippen LogP contribution in [0.25, 0.3) is 0 Å². The van der Waals surface area contributed by atoms with E-state index in [0.29, 0.717) is 22.5 Å². The minimum absolute atomic E-state index is 0.192. The highest BCUT2D eigenvalue weighted by Crippen LogP contribution is 2.33. The maximum Gasteiger partial charge on any atom is 0.313 e. The number of hydrogen-bond donors (Lipinski definition) is 0. The van der Waals surface area contributed by atoms with E-state index in [-0.39, 0.29) is 17.0 Å². The van der Waals surface area contributed by atoms with Gasteiger partial charge in [0.15, 0.2) is 0 Å². The number of halogens is 2. The molecular formula is C10H8ClIN2O3. The van der Waals surface area contributed by atoms with Gasteiger partial charge in [0.05, 0.1) is 26.7 Å². The van der Waals surface area contributed by atoms with E-state index in [1.165, 1.54) is 6.07 Å². The summed E-state index contributed by atoms with van der Waals surface area (Å²) in [5.74, 6) is 0.625. The molecule has 0 spiro atoms. The number of nitriles is 1. The highest BCUT2D eigenvalue weighted by Gasteiger charge is 2.20. The van der Waals surface area contributed by atoms with E-state index in [9.17, 15) is 10.1 Å². The van der Waals surface area contributed by atoms with E-state index in [4.69, 9.17) is 21.6 Å². The SMILES string of the molecule is N#Cc1cc(I)c(OCCCCl)c([N+](=O)[O-])c1. The van der Waals surface area contributed by atoms with Crippen LogP contribution in [0.1, 0.15) is 12.0 Å². The largest absolute Gasteiger partial charge is 0.486 e.